The van der Waals surface area contributed by atoms with E-state index in [1.54, 1.807) is 11.8 Å². The number of rotatable bonds is 4. The molecule has 0 amide bonds. The molecule has 4 rings (SSSR count). The van der Waals surface area contributed by atoms with Gasteiger partial charge in [-0.2, -0.15) is 0 Å². The molecule has 0 radical (unpaired) electrons. The van der Waals surface area contributed by atoms with Gasteiger partial charge >= 0.3 is 0 Å². The van der Waals surface area contributed by atoms with Crippen molar-refractivity contribution in [1.82, 2.24) is 19.5 Å². The van der Waals surface area contributed by atoms with E-state index in [-0.39, 0.29) is 0 Å². The van der Waals surface area contributed by atoms with Gasteiger partial charge in [0.15, 0.2) is 10.8 Å². The first kappa shape index (κ1) is 15.9. The average Bonchev–Trinajstić information content (AvgIpc) is 2.99. The summed E-state index contributed by atoms with van der Waals surface area (Å²) in [6.45, 7) is 9.12. The quantitative estimate of drug-likeness (QED) is 0.682. The fourth-order valence-electron chi connectivity index (χ4n) is 3.31. The number of aromatic nitrogens is 3. The lowest BCUT2D eigenvalue weighted by atomic mass is 10.1. The summed E-state index contributed by atoms with van der Waals surface area (Å²) < 4.78 is 7.62. The third kappa shape index (κ3) is 2.90. The summed E-state index contributed by atoms with van der Waals surface area (Å²) in [5.74, 6) is 1.02. The molecule has 0 atom stereocenters. The Balaban J connectivity index is 1.64. The van der Waals surface area contributed by atoms with Gasteiger partial charge in [-0.05, 0) is 31.0 Å². The number of ether oxygens (including phenoxy) is 1. The van der Waals surface area contributed by atoms with E-state index >= 15 is 0 Å². The topological polar surface area (TPSA) is 42.7 Å². The van der Waals surface area contributed by atoms with Crippen molar-refractivity contribution in [1.29, 1.82) is 0 Å². The van der Waals surface area contributed by atoms with Crippen LogP contribution in [0.3, 0.4) is 0 Å². The lowest BCUT2D eigenvalue weighted by molar-refractivity contribution is 0.0410. The first-order chi connectivity index (χ1) is 11.7. The zero-order chi connectivity index (χ0) is 16.5. The van der Waals surface area contributed by atoms with Crippen molar-refractivity contribution in [2.45, 2.75) is 19.0 Å². The second-order valence-electron chi connectivity index (χ2n) is 6.28. The number of pyridine rings is 1. The van der Waals surface area contributed by atoms with E-state index in [0.717, 1.165) is 49.4 Å². The van der Waals surface area contributed by atoms with Gasteiger partial charge in [-0.1, -0.05) is 30.0 Å². The zero-order valence-electron chi connectivity index (χ0n) is 14.2. The van der Waals surface area contributed by atoms with Crippen molar-refractivity contribution in [3.8, 4) is 0 Å². The molecule has 6 heteroatoms. The predicted octanol–water partition coefficient (Wildman–Crippen LogP) is 2.92. The molecular weight excluding hydrogens is 320 g/mol. The Labute approximate surface area is 146 Å². The van der Waals surface area contributed by atoms with Crippen LogP contribution in [0.25, 0.3) is 16.6 Å². The van der Waals surface area contributed by atoms with Gasteiger partial charge in [-0.3, -0.25) is 9.30 Å². The number of hydrogen-bond donors (Lipinski definition) is 0. The van der Waals surface area contributed by atoms with E-state index < -0.39 is 0 Å². The molecule has 0 unspecified atom stereocenters. The fraction of sp³-hybridized carbons (Fsp3) is 0.444. The monoisotopic (exact) mass is 342 g/mol. The summed E-state index contributed by atoms with van der Waals surface area (Å²) in [6, 6.07) is 8.58. The third-order valence-electron chi connectivity index (χ3n) is 4.63. The van der Waals surface area contributed by atoms with Crippen molar-refractivity contribution < 1.29 is 4.74 Å². The van der Waals surface area contributed by atoms with Gasteiger partial charge in [-0.25, -0.2) is 0 Å². The normalized spacial score (nSPS) is 16.2. The first-order valence-electron chi connectivity index (χ1n) is 8.41. The molecule has 1 saturated heterocycles. The molecule has 1 aliphatic heterocycles. The molecule has 0 N–H and O–H groups in total. The van der Waals surface area contributed by atoms with E-state index in [0.29, 0.717) is 0 Å². The molecule has 126 valence electrons. The smallest absolute Gasteiger partial charge is 0.196 e. The fourth-order valence-corrected chi connectivity index (χ4v) is 4.26. The molecule has 2 aromatic heterocycles. The minimum Gasteiger partial charge on any atom is -0.379 e. The van der Waals surface area contributed by atoms with Crippen LogP contribution in [-0.4, -0.2) is 58.1 Å². The Morgan fingerprint density at radius 3 is 2.79 bits per heavy atom. The highest BCUT2D eigenvalue weighted by molar-refractivity contribution is 7.99. The maximum atomic E-state index is 5.41. The predicted molar refractivity (Wildman–Crippen MR) is 98.0 cm³/mol. The number of para-hydroxylation sites is 1. The number of thioether (sulfide) groups is 1. The number of nitrogens with zero attached hydrogens (tertiary/aromatic N) is 4. The van der Waals surface area contributed by atoms with Crippen LogP contribution < -0.4 is 0 Å². The van der Waals surface area contributed by atoms with E-state index in [1.165, 1.54) is 22.0 Å². The van der Waals surface area contributed by atoms with Crippen LogP contribution in [0.2, 0.25) is 0 Å². The average molecular weight is 342 g/mol. The van der Waals surface area contributed by atoms with E-state index in [4.69, 9.17) is 4.74 Å². The second kappa shape index (κ2) is 6.70. The Morgan fingerprint density at radius 2 is 1.96 bits per heavy atom. The van der Waals surface area contributed by atoms with Gasteiger partial charge in [0.2, 0.25) is 0 Å². The minimum atomic E-state index is 0.849. The number of morpholine rings is 1. The highest BCUT2D eigenvalue weighted by Gasteiger charge is 2.14. The molecule has 0 spiro atoms. The molecule has 0 aliphatic carbocycles. The van der Waals surface area contributed by atoms with Crippen LogP contribution in [-0.2, 0) is 4.74 Å². The highest BCUT2D eigenvalue weighted by Crippen LogP contribution is 2.27. The van der Waals surface area contributed by atoms with Crippen LogP contribution in [0.1, 0.15) is 11.1 Å². The number of benzene rings is 1. The van der Waals surface area contributed by atoms with Crippen molar-refractivity contribution in [2.24, 2.45) is 0 Å². The molecule has 1 fully saturated rings. The van der Waals surface area contributed by atoms with Crippen LogP contribution in [0, 0.1) is 13.8 Å². The van der Waals surface area contributed by atoms with Crippen molar-refractivity contribution in [2.75, 3.05) is 38.6 Å². The van der Waals surface area contributed by atoms with Gasteiger partial charge in [-0.15, -0.1) is 10.2 Å². The standard InChI is InChI=1S/C18H22N4OS/c1-13-4-3-5-15-14(2)12-16-19-20-18(22(16)17(13)15)24-11-8-21-6-9-23-10-7-21/h3-5,12H,6-11H2,1-2H3. The maximum absolute atomic E-state index is 5.41. The van der Waals surface area contributed by atoms with Gasteiger partial charge in [0.05, 0.1) is 18.7 Å². The van der Waals surface area contributed by atoms with Crippen LogP contribution in [0.4, 0.5) is 0 Å². The summed E-state index contributed by atoms with van der Waals surface area (Å²) in [6.07, 6.45) is 0. The largest absolute Gasteiger partial charge is 0.379 e. The summed E-state index contributed by atoms with van der Waals surface area (Å²) in [4.78, 5) is 2.45. The van der Waals surface area contributed by atoms with E-state index in [2.05, 4.69) is 57.6 Å². The number of hydrogen-bond acceptors (Lipinski definition) is 5. The number of fused-ring (bicyclic) bond motifs is 3. The van der Waals surface area contributed by atoms with Gasteiger partial charge in [0.25, 0.3) is 0 Å². The molecule has 0 bridgehead atoms. The Kier molecular flexibility index (Phi) is 4.43. The molecule has 24 heavy (non-hydrogen) atoms. The van der Waals surface area contributed by atoms with Crippen LogP contribution in [0.5, 0.6) is 0 Å². The van der Waals surface area contributed by atoms with Gasteiger partial charge in [0, 0.05) is 30.8 Å². The van der Waals surface area contributed by atoms with Crippen molar-refractivity contribution in [3.63, 3.8) is 0 Å². The molecular formula is C18H22N4OS. The lowest BCUT2D eigenvalue weighted by Gasteiger charge is -2.26. The van der Waals surface area contributed by atoms with Crippen molar-refractivity contribution >= 4 is 28.3 Å². The highest BCUT2D eigenvalue weighted by atomic mass is 32.2. The van der Waals surface area contributed by atoms with Crippen LogP contribution >= 0.6 is 11.8 Å². The molecule has 0 saturated carbocycles. The Morgan fingerprint density at radius 1 is 1.12 bits per heavy atom. The van der Waals surface area contributed by atoms with Gasteiger partial charge in [0.1, 0.15) is 0 Å². The Hall–Kier alpha value is -1.63. The SMILES string of the molecule is Cc1cc2nnc(SCCN3CCOCC3)n2c2c(C)cccc12. The summed E-state index contributed by atoms with van der Waals surface area (Å²) >= 11 is 1.79. The van der Waals surface area contributed by atoms with E-state index in [9.17, 15) is 0 Å². The molecule has 3 heterocycles. The molecule has 1 aromatic carbocycles. The van der Waals surface area contributed by atoms with Gasteiger partial charge < -0.3 is 4.74 Å². The molecule has 5 nitrogen and oxygen atoms in total. The Bertz CT molecular complexity index is 870. The van der Waals surface area contributed by atoms with Crippen molar-refractivity contribution in [3.05, 3.63) is 35.4 Å². The molecule has 3 aromatic rings. The minimum absolute atomic E-state index is 0.849. The number of aryl methyl sites for hydroxylation is 2. The lowest BCUT2D eigenvalue weighted by Crippen LogP contribution is -2.37. The summed E-state index contributed by atoms with van der Waals surface area (Å²) in [5, 5.41) is 11.1. The summed E-state index contributed by atoms with van der Waals surface area (Å²) in [7, 11) is 0. The zero-order valence-corrected chi connectivity index (χ0v) is 15.0. The first-order valence-corrected chi connectivity index (χ1v) is 9.39. The van der Waals surface area contributed by atoms with Crippen LogP contribution in [0.15, 0.2) is 29.4 Å². The maximum Gasteiger partial charge on any atom is 0.196 e. The summed E-state index contributed by atoms with van der Waals surface area (Å²) in [5.41, 5.74) is 4.67. The second-order valence-corrected chi connectivity index (χ2v) is 7.34. The molecule has 1 aliphatic rings. The van der Waals surface area contributed by atoms with E-state index in [1.807, 2.05) is 0 Å². The third-order valence-corrected chi connectivity index (χ3v) is 5.54.